The fourth-order valence-electron chi connectivity index (χ4n) is 13.4. The number of carbonyl (C=O) groups is 4. The monoisotopic (exact) mass is 751 g/mol. The average molecular weight is 752 g/mol. The van der Waals surface area contributed by atoms with Crippen LogP contribution >= 0.6 is 0 Å². The van der Waals surface area contributed by atoms with Crippen LogP contribution in [0.3, 0.4) is 0 Å². The third-order valence-electron chi connectivity index (χ3n) is 16.9. The molecule has 1 aliphatic heterocycles. The van der Waals surface area contributed by atoms with Gasteiger partial charge in [-0.25, -0.2) is 4.79 Å². The first-order valence-electron chi connectivity index (χ1n) is 20.4. The van der Waals surface area contributed by atoms with E-state index in [4.69, 9.17) is 18.3 Å². The molecule has 1 saturated heterocycles. The molecule has 54 heavy (non-hydrogen) atoms. The van der Waals surface area contributed by atoms with Crippen LogP contribution < -0.4 is 5.82 Å². The van der Waals surface area contributed by atoms with Crippen LogP contribution in [0.5, 0.6) is 0 Å². The van der Waals surface area contributed by atoms with Gasteiger partial charge >= 0.3 is 23.7 Å². The van der Waals surface area contributed by atoms with Gasteiger partial charge in [-0.2, -0.15) is 0 Å². The average Bonchev–Trinajstić information content (AvgIpc) is 3.44. The van der Waals surface area contributed by atoms with Gasteiger partial charge in [0.15, 0.2) is 23.9 Å². The van der Waals surface area contributed by atoms with Gasteiger partial charge in [-0.05, 0) is 144 Å². The number of carboxylic acid groups (broad SMARTS) is 1. The Morgan fingerprint density at radius 3 is 2.31 bits per heavy atom. The number of esters is 2. The van der Waals surface area contributed by atoms with Crippen LogP contribution in [0.2, 0.25) is 0 Å². The summed E-state index contributed by atoms with van der Waals surface area (Å²) in [5.74, 6) is -2.49. The summed E-state index contributed by atoms with van der Waals surface area (Å²) < 4.78 is 21.8. The van der Waals surface area contributed by atoms with Crippen LogP contribution in [-0.2, 0) is 35.3 Å². The van der Waals surface area contributed by atoms with Gasteiger partial charge in [0, 0.05) is 18.5 Å². The molecule has 0 amide bonds. The molecule has 11 atom stereocenters. The minimum atomic E-state index is -1.05. The fourth-order valence-corrected chi connectivity index (χ4v) is 13.4. The van der Waals surface area contributed by atoms with E-state index in [1.54, 1.807) is 6.92 Å². The zero-order chi connectivity index (χ0) is 39.2. The van der Waals surface area contributed by atoms with Gasteiger partial charge in [0.1, 0.15) is 0 Å². The molecule has 0 radical (unpaired) electrons. The predicted octanol–water partition coefficient (Wildman–Crippen LogP) is 7.27. The van der Waals surface area contributed by atoms with Crippen molar-refractivity contribution in [3.05, 3.63) is 33.8 Å². The molecule has 0 bridgehead atoms. The van der Waals surface area contributed by atoms with E-state index in [-0.39, 0.29) is 70.4 Å². The van der Waals surface area contributed by atoms with E-state index < -0.39 is 39.4 Å². The lowest BCUT2D eigenvalue weighted by atomic mass is 9.33. The predicted molar refractivity (Wildman–Crippen MR) is 198 cm³/mol. The first kappa shape index (κ1) is 39.0. The van der Waals surface area contributed by atoms with Crippen LogP contribution in [0, 0.1) is 63.1 Å². The van der Waals surface area contributed by atoms with Gasteiger partial charge in [-0.15, -0.1) is 0 Å². The number of nitrogens with zero attached hydrogens (tertiary/aromatic N) is 1. The second-order valence-electron chi connectivity index (χ2n) is 19.5. The number of carbonyl (C=O) groups excluding carboxylic acids is 3. The van der Waals surface area contributed by atoms with Crippen molar-refractivity contribution >= 4 is 23.7 Å². The molecule has 298 valence electrons. The molecule has 7 rings (SSSR count). The maximum Gasteiger partial charge on any atom is 0.519 e. The Balaban J connectivity index is 1.27. The van der Waals surface area contributed by atoms with Crippen LogP contribution in [0.1, 0.15) is 131 Å². The summed E-state index contributed by atoms with van der Waals surface area (Å²) in [5.41, 5.74) is -2.01. The molecule has 1 aromatic rings. The number of piperidine rings is 1. The van der Waals surface area contributed by atoms with Crippen molar-refractivity contribution < 1.29 is 42.6 Å². The number of hydrogen-bond acceptors (Lipinski definition) is 10. The standard InChI is InChI=1S/C43H61NO10/c1-9-51-34(46)26-11-10-20-44(23-26)32-13-14-40(5)31(43(32,8)36(49)52-24-30-25(2)53-37(50)54-30)12-15-42(7)33(40)29(45)21-27-28-22-39(4,35(47)48)17-16-38(28,3)18-19-41(27,42)6/h21,26,28,31-33H,9-20,22-24H2,1-8H3,(H,47,48)/t26-,28-,31?,32-,33+,38+,39-,40-,41+,42+,43-/m0/s1. The molecule has 11 heteroatoms. The number of allylic oxidation sites excluding steroid dienone is 2. The van der Waals surface area contributed by atoms with Gasteiger partial charge in [-0.1, -0.05) is 33.3 Å². The van der Waals surface area contributed by atoms with E-state index in [2.05, 4.69) is 32.6 Å². The van der Waals surface area contributed by atoms with E-state index in [1.807, 2.05) is 26.8 Å². The summed E-state index contributed by atoms with van der Waals surface area (Å²) in [4.78, 5) is 69.6. The molecule has 1 unspecified atom stereocenters. The van der Waals surface area contributed by atoms with Crippen molar-refractivity contribution in [2.24, 2.45) is 56.2 Å². The van der Waals surface area contributed by atoms with Gasteiger partial charge < -0.3 is 23.4 Å². The number of aryl methyl sites for hydroxylation is 1. The highest BCUT2D eigenvalue weighted by Crippen LogP contribution is 2.75. The number of carboxylic acids is 1. The topological polar surface area (TPSA) is 154 Å². The molecule has 1 aromatic heterocycles. The summed E-state index contributed by atoms with van der Waals surface area (Å²) in [6, 6.07) is -0.242. The second-order valence-corrected chi connectivity index (χ2v) is 19.5. The summed E-state index contributed by atoms with van der Waals surface area (Å²) in [5, 5.41) is 10.3. The molecule has 4 saturated carbocycles. The molecule has 0 spiro atoms. The Labute approximate surface area is 318 Å². The normalized spacial score (nSPS) is 43.4. The second kappa shape index (κ2) is 13.2. The maximum atomic E-state index is 15.0. The largest absolute Gasteiger partial charge is 0.519 e. The van der Waals surface area contributed by atoms with Crippen LogP contribution in [0.15, 0.2) is 25.3 Å². The zero-order valence-corrected chi connectivity index (χ0v) is 33.6. The Hall–Kier alpha value is -3.21. The van der Waals surface area contributed by atoms with Gasteiger partial charge in [0.25, 0.3) is 0 Å². The number of ether oxygens (including phenoxy) is 2. The Kier molecular flexibility index (Phi) is 9.54. The van der Waals surface area contributed by atoms with Crippen LogP contribution in [0.25, 0.3) is 0 Å². The molecular formula is C43H61NO10. The Bertz CT molecular complexity index is 1810. The Morgan fingerprint density at radius 2 is 1.65 bits per heavy atom. The van der Waals surface area contributed by atoms with Crippen LogP contribution in [0.4, 0.5) is 0 Å². The van der Waals surface area contributed by atoms with E-state index in [0.29, 0.717) is 38.8 Å². The molecular weight excluding hydrogens is 690 g/mol. The highest BCUT2D eigenvalue weighted by Gasteiger charge is 2.72. The molecule has 5 fully saturated rings. The number of ketones is 1. The maximum absolute atomic E-state index is 15.0. The first-order chi connectivity index (χ1) is 25.3. The van der Waals surface area contributed by atoms with Crippen molar-refractivity contribution in [3.63, 3.8) is 0 Å². The third-order valence-corrected chi connectivity index (χ3v) is 16.9. The number of rotatable bonds is 7. The summed E-state index contributed by atoms with van der Waals surface area (Å²) >= 11 is 0. The summed E-state index contributed by atoms with van der Waals surface area (Å²) in [6.07, 6.45) is 10.3. The van der Waals surface area contributed by atoms with Crippen LogP contribution in [-0.4, -0.2) is 59.4 Å². The molecule has 6 aliphatic rings. The van der Waals surface area contributed by atoms with Crippen molar-refractivity contribution in [1.29, 1.82) is 0 Å². The quantitative estimate of drug-likeness (QED) is 0.280. The van der Waals surface area contributed by atoms with Crippen molar-refractivity contribution in [2.75, 3.05) is 19.7 Å². The smallest absolute Gasteiger partial charge is 0.481 e. The third kappa shape index (κ3) is 5.62. The van der Waals surface area contributed by atoms with E-state index >= 15 is 4.79 Å². The summed E-state index contributed by atoms with van der Waals surface area (Å²) in [7, 11) is 0. The lowest BCUT2D eigenvalue weighted by molar-refractivity contribution is -0.213. The van der Waals surface area contributed by atoms with Gasteiger partial charge in [-0.3, -0.25) is 24.1 Å². The Morgan fingerprint density at radius 1 is 0.926 bits per heavy atom. The lowest BCUT2D eigenvalue weighted by Gasteiger charge is -2.71. The first-order valence-corrected chi connectivity index (χ1v) is 20.4. The van der Waals surface area contributed by atoms with E-state index in [1.165, 1.54) is 0 Å². The SMILES string of the molecule is CCOC(=O)[C@H]1CCCN([C@H]2CC[C@@]3(C)C(CC[C@]4(C)[C@@H]3C(=O)C=C3[C@@H]5C[C@@](C)(C(=O)O)CC[C@]5(C)CC[C@]34C)[C@]2(C)C(=O)OCc2oc(=O)oc2C)C1. The molecule has 1 N–H and O–H groups in total. The minimum Gasteiger partial charge on any atom is -0.481 e. The van der Waals surface area contributed by atoms with Crippen molar-refractivity contribution in [1.82, 2.24) is 4.90 Å². The van der Waals surface area contributed by atoms with E-state index in [9.17, 15) is 24.3 Å². The lowest BCUT2D eigenvalue weighted by Crippen LogP contribution is -2.70. The van der Waals surface area contributed by atoms with Gasteiger partial charge in [0.05, 0.1) is 23.4 Å². The molecule has 5 aliphatic carbocycles. The fraction of sp³-hybridized carbons (Fsp3) is 0.791. The van der Waals surface area contributed by atoms with Crippen molar-refractivity contribution in [2.45, 2.75) is 139 Å². The highest BCUT2D eigenvalue weighted by molar-refractivity contribution is 5.96. The number of hydrogen-bond donors (Lipinski definition) is 1. The number of likely N-dealkylation sites (tertiary alicyclic amines) is 1. The number of aliphatic carboxylic acids is 1. The highest BCUT2D eigenvalue weighted by atomic mass is 16.6. The molecule has 0 aromatic carbocycles. The summed E-state index contributed by atoms with van der Waals surface area (Å²) in [6.45, 7) is 17.8. The van der Waals surface area contributed by atoms with E-state index in [0.717, 1.165) is 57.1 Å². The molecule has 2 heterocycles. The number of fused-ring (bicyclic) bond motifs is 7. The van der Waals surface area contributed by atoms with Gasteiger partial charge in [0.2, 0.25) is 0 Å². The molecule has 11 nitrogen and oxygen atoms in total. The minimum absolute atomic E-state index is 0.0206. The van der Waals surface area contributed by atoms with Crippen molar-refractivity contribution in [3.8, 4) is 0 Å². The zero-order valence-electron chi connectivity index (χ0n) is 33.6.